The average molecular weight is 65.1 g/mol. The molecule has 0 nitrogen and oxygen atoms in total. The molecule has 1 heteroatoms. The molecule has 0 saturated heterocycles. The first-order valence-corrected chi connectivity index (χ1v) is 1.15. The molecule has 0 aromatic rings. The van der Waals surface area contributed by atoms with Gasteiger partial charge in [0.2, 0.25) is 0 Å². The van der Waals surface area contributed by atoms with Gasteiger partial charge in [0, 0.05) is 0 Å². The maximum atomic E-state index is 3.36. The summed E-state index contributed by atoms with van der Waals surface area (Å²) >= 11 is 0. The van der Waals surface area contributed by atoms with Crippen molar-refractivity contribution in [2.75, 3.05) is 0 Å². The second kappa shape index (κ2) is 9.42. The zero-order chi connectivity index (χ0) is 3.41. The summed E-state index contributed by atoms with van der Waals surface area (Å²) in [4.78, 5) is 0. The summed E-state index contributed by atoms with van der Waals surface area (Å²) in [5.41, 5.74) is 0. The van der Waals surface area contributed by atoms with Crippen molar-refractivity contribution in [2.24, 2.45) is 0 Å². The molecule has 0 aliphatic carbocycles. The van der Waals surface area contributed by atoms with E-state index in [1.54, 1.807) is 12.2 Å². The van der Waals surface area contributed by atoms with Crippen LogP contribution in [0.1, 0.15) is 0 Å². The van der Waals surface area contributed by atoms with E-state index < -0.39 is 0 Å². The summed E-state index contributed by atoms with van der Waals surface area (Å²) < 4.78 is 0. The zero-order valence-electron chi connectivity index (χ0n) is 2.57. The van der Waals surface area contributed by atoms with Crippen LogP contribution in [0.3, 0.4) is 0 Å². The predicted molar refractivity (Wildman–Crippen MR) is 28.9 cm³/mol. The van der Waals surface area contributed by atoms with Crippen molar-refractivity contribution in [3.8, 4) is 0 Å². The molecule has 5 heavy (non-hydrogen) atoms. The van der Waals surface area contributed by atoms with Crippen LogP contribution < -0.4 is 0 Å². The van der Waals surface area contributed by atoms with Crippen LogP contribution in [0.2, 0.25) is 0 Å². The van der Waals surface area contributed by atoms with Gasteiger partial charge in [-0.2, -0.15) is 0 Å². The number of hydrogen-bond acceptors (Lipinski definition) is 0. The van der Waals surface area contributed by atoms with E-state index in [1.165, 1.54) is 0 Å². The quantitative estimate of drug-likeness (QED) is 0.307. The Labute approximate surface area is 36.4 Å². The van der Waals surface area contributed by atoms with Gasteiger partial charge >= 0.3 is 10.1 Å². The minimum absolute atomic E-state index is 0. The van der Waals surface area contributed by atoms with E-state index in [0.717, 1.165) is 0 Å². The van der Waals surface area contributed by atoms with Crippen LogP contribution in [0.4, 0.5) is 0 Å². The van der Waals surface area contributed by atoms with Gasteiger partial charge in [-0.15, -0.1) is 0 Å². The minimum atomic E-state index is 0. The van der Waals surface area contributed by atoms with Crippen molar-refractivity contribution in [1.82, 2.24) is 0 Å². The summed E-state index contributed by atoms with van der Waals surface area (Å²) in [6.45, 7) is 6.72. The topological polar surface area (TPSA) is 0 Å². The van der Waals surface area contributed by atoms with Crippen LogP contribution in [0.25, 0.3) is 0 Å². The molecule has 0 aromatic carbocycles. The molecule has 0 atom stereocenters. The monoisotopic (exact) mass is 65.1 g/mol. The second-order valence-electron chi connectivity index (χ2n) is 0.471. The molecule has 0 radical (unpaired) electrons. The van der Waals surface area contributed by atoms with E-state index in [1.807, 2.05) is 0 Å². The number of rotatable bonds is 1. The molecule has 0 aliphatic rings. The fourth-order valence-corrected chi connectivity index (χ4v) is 0. The molecular formula is C4H8Be. The molecule has 0 aliphatic heterocycles. The Morgan fingerprint density at radius 1 is 1.00 bits per heavy atom. The van der Waals surface area contributed by atoms with Gasteiger partial charge in [-0.05, 0) is 0 Å². The molecule has 0 aromatic heterocycles. The molecular weight excluding hydrogens is 57.1 g/mol. The van der Waals surface area contributed by atoms with Crippen LogP contribution in [-0.2, 0) is 0 Å². The van der Waals surface area contributed by atoms with Gasteiger partial charge in [-0.3, -0.25) is 0 Å². The molecule has 0 fully saturated rings. The van der Waals surface area contributed by atoms with Gasteiger partial charge in [0.05, 0.1) is 0 Å². The average Bonchev–Trinajstić information content (AvgIpc) is 1.37. The van der Waals surface area contributed by atoms with Gasteiger partial charge in [0.1, 0.15) is 0 Å². The van der Waals surface area contributed by atoms with Crippen molar-refractivity contribution < 1.29 is 0 Å². The molecule has 0 unspecified atom stereocenters. The first-order valence-electron chi connectivity index (χ1n) is 1.15. The summed E-state index contributed by atoms with van der Waals surface area (Å²) in [7, 11) is 0. The van der Waals surface area contributed by atoms with E-state index in [-0.39, 0.29) is 10.1 Å². The van der Waals surface area contributed by atoms with E-state index in [9.17, 15) is 0 Å². The molecule has 0 amide bonds. The van der Waals surface area contributed by atoms with Crippen LogP contribution in [0.5, 0.6) is 0 Å². The van der Waals surface area contributed by atoms with Crippen LogP contribution >= 0.6 is 0 Å². The Hall–Kier alpha value is -0.351. The molecule has 0 bridgehead atoms. The standard InChI is InChI=1S/C4H6.Be.2H/c1-3-4-2;;;/h3-4H,1-2H2;;;. The SMILES string of the molecule is C=CC=C.[BeH2]. The van der Waals surface area contributed by atoms with Crippen molar-refractivity contribution >= 4 is 10.1 Å². The Bertz CT molecular complexity index is 24.6. The summed E-state index contributed by atoms with van der Waals surface area (Å²) in [5, 5.41) is 0. The maximum absolute atomic E-state index is 3.36. The third-order valence-electron chi connectivity index (χ3n) is 0.167. The Morgan fingerprint density at radius 3 is 1.20 bits per heavy atom. The van der Waals surface area contributed by atoms with Crippen LogP contribution in [-0.4, -0.2) is 10.1 Å². The van der Waals surface area contributed by atoms with E-state index in [2.05, 4.69) is 13.2 Å². The Kier molecular flexibility index (Phi) is 16.6. The first kappa shape index (κ1) is 8.82. The fraction of sp³-hybridized carbons (Fsp3) is 0. The molecule has 0 heterocycles. The van der Waals surface area contributed by atoms with E-state index >= 15 is 0 Å². The second-order valence-corrected chi connectivity index (χ2v) is 0.471. The molecule has 26 valence electrons. The Balaban J connectivity index is 0. The van der Waals surface area contributed by atoms with Crippen LogP contribution in [0, 0.1) is 0 Å². The zero-order valence-corrected chi connectivity index (χ0v) is 2.57. The van der Waals surface area contributed by atoms with Gasteiger partial charge < -0.3 is 0 Å². The fourth-order valence-electron chi connectivity index (χ4n) is 0. The van der Waals surface area contributed by atoms with Crippen molar-refractivity contribution in [3.05, 3.63) is 25.3 Å². The molecule has 0 N–H and O–H groups in total. The molecule has 0 rings (SSSR count). The summed E-state index contributed by atoms with van der Waals surface area (Å²) in [6, 6.07) is 0. The molecule has 0 saturated carbocycles. The van der Waals surface area contributed by atoms with Crippen molar-refractivity contribution in [3.63, 3.8) is 0 Å². The Morgan fingerprint density at radius 2 is 1.20 bits per heavy atom. The number of hydrogen-bond donors (Lipinski definition) is 0. The van der Waals surface area contributed by atoms with Gasteiger partial charge in [-0.25, -0.2) is 0 Å². The normalized spacial score (nSPS) is 4.00. The van der Waals surface area contributed by atoms with Crippen molar-refractivity contribution in [1.29, 1.82) is 0 Å². The predicted octanol–water partition coefficient (Wildman–Crippen LogP) is 0.442. The third kappa shape index (κ3) is 23.6. The third-order valence-corrected chi connectivity index (χ3v) is 0.167. The van der Waals surface area contributed by atoms with Crippen molar-refractivity contribution in [2.45, 2.75) is 0 Å². The van der Waals surface area contributed by atoms with Gasteiger partial charge in [0.25, 0.3) is 0 Å². The summed E-state index contributed by atoms with van der Waals surface area (Å²) in [6.07, 6.45) is 3.28. The van der Waals surface area contributed by atoms with E-state index in [0.29, 0.717) is 0 Å². The summed E-state index contributed by atoms with van der Waals surface area (Å²) in [5.74, 6) is 0. The van der Waals surface area contributed by atoms with Crippen LogP contribution in [0.15, 0.2) is 25.3 Å². The molecule has 0 spiro atoms. The van der Waals surface area contributed by atoms with E-state index in [4.69, 9.17) is 0 Å². The number of allylic oxidation sites excluding steroid dienone is 2. The first-order chi connectivity index (χ1) is 1.91. The van der Waals surface area contributed by atoms with Gasteiger partial charge in [0.15, 0.2) is 0 Å². The van der Waals surface area contributed by atoms with Gasteiger partial charge in [-0.1, -0.05) is 25.3 Å².